The second-order valence-corrected chi connectivity index (χ2v) is 7.20. The monoisotopic (exact) mass is 356 g/mol. The summed E-state index contributed by atoms with van der Waals surface area (Å²) < 4.78 is 5.69. The lowest BCUT2D eigenvalue weighted by Gasteiger charge is -2.11. The zero-order valence-corrected chi connectivity index (χ0v) is 15.5. The second-order valence-electron chi connectivity index (χ2n) is 5.76. The average Bonchev–Trinajstić information content (AvgIpc) is 3.06. The van der Waals surface area contributed by atoms with E-state index in [9.17, 15) is 0 Å². The van der Waals surface area contributed by atoms with E-state index >= 15 is 0 Å². The first-order chi connectivity index (χ1) is 11.6. The molecule has 123 valence electrons. The molecule has 0 spiro atoms. The van der Waals surface area contributed by atoms with Gasteiger partial charge in [0.1, 0.15) is 10.8 Å². The van der Waals surface area contributed by atoms with Crippen LogP contribution in [-0.2, 0) is 6.42 Å². The third-order valence-electron chi connectivity index (χ3n) is 3.61. The Hall–Kier alpha value is -1.84. The number of nitrogens with zero attached hydrogens (tertiary/aromatic N) is 1. The number of hydrogen-bond donors (Lipinski definition) is 0. The van der Waals surface area contributed by atoms with E-state index in [1.165, 1.54) is 11.1 Å². The Morgan fingerprint density at radius 3 is 2.83 bits per heavy atom. The summed E-state index contributed by atoms with van der Waals surface area (Å²) in [5, 5.41) is 1.56. The Morgan fingerprint density at radius 2 is 2.12 bits per heavy atom. The summed E-state index contributed by atoms with van der Waals surface area (Å²) >= 11 is 8.01. The van der Waals surface area contributed by atoms with E-state index in [0.717, 1.165) is 21.9 Å². The molecule has 0 aliphatic heterocycles. The minimum absolute atomic E-state index is 0.0987. The predicted octanol–water partition coefficient (Wildman–Crippen LogP) is 6.28. The highest BCUT2D eigenvalue weighted by atomic mass is 35.5. The second kappa shape index (κ2) is 7.37. The SMILES string of the molecule is CCc1[c]cccc1-c1cnc(-c2ccc(OC(C)C)c(Cl)c2)s1. The highest BCUT2D eigenvalue weighted by Crippen LogP contribution is 2.36. The van der Waals surface area contributed by atoms with Gasteiger partial charge in [0.15, 0.2) is 0 Å². The quantitative estimate of drug-likeness (QED) is 0.536. The summed E-state index contributed by atoms with van der Waals surface area (Å²) in [6, 6.07) is 15.2. The molecule has 0 aliphatic rings. The van der Waals surface area contributed by atoms with Gasteiger partial charge in [-0.3, -0.25) is 0 Å². The van der Waals surface area contributed by atoms with E-state index in [1.807, 2.05) is 50.4 Å². The molecule has 3 aromatic rings. The summed E-state index contributed by atoms with van der Waals surface area (Å²) in [4.78, 5) is 5.73. The van der Waals surface area contributed by atoms with Gasteiger partial charge in [-0.2, -0.15) is 0 Å². The number of rotatable bonds is 5. The Kier molecular flexibility index (Phi) is 5.22. The molecule has 3 rings (SSSR count). The minimum atomic E-state index is 0.0987. The van der Waals surface area contributed by atoms with E-state index in [2.05, 4.69) is 24.0 Å². The summed E-state index contributed by atoms with van der Waals surface area (Å²) in [5.41, 5.74) is 3.42. The van der Waals surface area contributed by atoms with Crippen LogP contribution in [0.5, 0.6) is 5.75 Å². The highest BCUT2D eigenvalue weighted by molar-refractivity contribution is 7.18. The Labute approximate surface area is 152 Å². The minimum Gasteiger partial charge on any atom is -0.489 e. The summed E-state index contributed by atoms with van der Waals surface area (Å²) in [5.74, 6) is 0.707. The van der Waals surface area contributed by atoms with Gasteiger partial charge in [-0.05, 0) is 55.7 Å². The number of benzene rings is 2. The van der Waals surface area contributed by atoms with Crippen molar-refractivity contribution in [1.29, 1.82) is 0 Å². The predicted molar refractivity (Wildman–Crippen MR) is 102 cm³/mol. The fourth-order valence-corrected chi connectivity index (χ4v) is 3.70. The molecule has 0 saturated heterocycles. The van der Waals surface area contributed by atoms with Crippen LogP contribution >= 0.6 is 22.9 Å². The van der Waals surface area contributed by atoms with E-state index in [1.54, 1.807) is 11.3 Å². The van der Waals surface area contributed by atoms with Crippen molar-refractivity contribution in [3.63, 3.8) is 0 Å². The normalized spacial score (nSPS) is 11.0. The van der Waals surface area contributed by atoms with Gasteiger partial charge in [-0.1, -0.05) is 36.7 Å². The average molecular weight is 357 g/mol. The van der Waals surface area contributed by atoms with Crippen molar-refractivity contribution in [1.82, 2.24) is 4.98 Å². The van der Waals surface area contributed by atoms with Crippen LogP contribution in [0, 0.1) is 6.07 Å². The Morgan fingerprint density at radius 1 is 1.29 bits per heavy atom. The molecule has 2 nitrogen and oxygen atoms in total. The van der Waals surface area contributed by atoms with Gasteiger partial charge >= 0.3 is 0 Å². The lowest BCUT2D eigenvalue weighted by Crippen LogP contribution is -2.05. The molecular formula is C20H19ClNOS. The lowest BCUT2D eigenvalue weighted by molar-refractivity contribution is 0.242. The fraction of sp³-hybridized carbons (Fsp3) is 0.250. The summed E-state index contributed by atoms with van der Waals surface area (Å²) in [6.45, 7) is 6.11. The van der Waals surface area contributed by atoms with Crippen LogP contribution < -0.4 is 4.74 Å². The van der Waals surface area contributed by atoms with Crippen LogP contribution in [-0.4, -0.2) is 11.1 Å². The number of hydrogen-bond acceptors (Lipinski definition) is 3. The number of ether oxygens (including phenoxy) is 1. The van der Waals surface area contributed by atoms with Crippen molar-refractivity contribution in [2.45, 2.75) is 33.3 Å². The summed E-state index contributed by atoms with van der Waals surface area (Å²) in [6.07, 6.45) is 2.98. The molecule has 0 bridgehead atoms. The van der Waals surface area contributed by atoms with Crippen LogP contribution in [0.25, 0.3) is 21.0 Å². The maximum Gasteiger partial charge on any atom is 0.138 e. The number of aryl methyl sites for hydroxylation is 1. The van der Waals surface area contributed by atoms with Crippen LogP contribution in [0.4, 0.5) is 0 Å². The molecule has 24 heavy (non-hydrogen) atoms. The number of aromatic nitrogens is 1. The molecule has 1 heterocycles. The maximum atomic E-state index is 6.34. The van der Waals surface area contributed by atoms with Crippen molar-refractivity contribution < 1.29 is 4.74 Å². The molecule has 1 radical (unpaired) electrons. The van der Waals surface area contributed by atoms with Crippen LogP contribution in [0.15, 0.2) is 42.6 Å². The van der Waals surface area contributed by atoms with Gasteiger partial charge in [0.05, 0.1) is 16.0 Å². The molecule has 0 atom stereocenters. The fourth-order valence-electron chi connectivity index (χ4n) is 2.51. The molecule has 0 fully saturated rings. The first-order valence-corrected chi connectivity index (χ1v) is 9.20. The Bertz CT molecular complexity index is 841. The molecule has 0 aliphatic carbocycles. The highest BCUT2D eigenvalue weighted by Gasteiger charge is 2.12. The van der Waals surface area contributed by atoms with E-state index in [4.69, 9.17) is 16.3 Å². The standard InChI is InChI=1S/C20H19ClNOS/c1-4-14-7-5-6-8-16(14)19-12-22-20(24-19)15-9-10-18(17(21)11-15)23-13(2)3/h5-6,8-13H,4H2,1-3H3. The topological polar surface area (TPSA) is 22.1 Å². The van der Waals surface area contributed by atoms with Crippen LogP contribution in [0.1, 0.15) is 26.3 Å². The Balaban J connectivity index is 1.92. The molecule has 0 unspecified atom stereocenters. The number of thiazole rings is 1. The third kappa shape index (κ3) is 3.63. The van der Waals surface area contributed by atoms with E-state index in [-0.39, 0.29) is 6.10 Å². The smallest absolute Gasteiger partial charge is 0.138 e. The molecule has 0 amide bonds. The van der Waals surface area contributed by atoms with Crippen molar-refractivity contribution in [3.05, 3.63) is 59.2 Å². The van der Waals surface area contributed by atoms with Crippen LogP contribution in [0.2, 0.25) is 5.02 Å². The third-order valence-corrected chi connectivity index (χ3v) is 4.98. The van der Waals surface area contributed by atoms with Gasteiger partial charge in [-0.15, -0.1) is 11.3 Å². The van der Waals surface area contributed by atoms with Gasteiger partial charge < -0.3 is 4.74 Å². The van der Waals surface area contributed by atoms with Gasteiger partial charge in [0, 0.05) is 11.8 Å². The van der Waals surface area contributed by atoms with Gasteiger partial charge in [-0.25, -0.2) is 4.98 Å². The molecule has 2 aromatic carbocycles. The lowest BCUT2D eigenvalue weighted by atomic mass is 10.0. The number of halogens is 1. The van der Waals surface area contributed by atoms with E-state index in [0.29, 0.717) is 10.8 Å². The van der Waals surface area contributed by atoms with Gasteiger partial charge in [0.2, 0.25) is 0 Å². The molecule has 1 aromatic heterocycles. The molecule has 4 heteroatoms. The molecule has 0 N–H and O–H groups in total. The maximum absolute atomic E-state index is 6.34. The van der Waals surface area contributed by atoms with Gasteiger partial charge in [0.25, 0.3) is 0 Å². The first-order valence-electron chi connectivity index (χ1n) is 8.00. The van der Waals surface area contributed by atoms with Crippen molar-refractivity contribution >= 4 is 22.9 Å². The van der Waals surface area contributed by atoms with Crippen molar-refractivity contribution in [2.24, 2.45) is 0 Å². The zero-order valence-electron chi connectivity index (χ0n) is 14.0. The molecule has 0 saturated carbocycles. The largest absolute Gasteiger partial charge is 0.489 e. The summed E-state index contributed by atoms with van der Waals surface area (Å²) in [7, 11) is 0. The molecular weight excluding hydrogens is 338 g/mol. The van der Waals surface area contributed by atoms with Crippen LogP contribution in [0.3, 0.4) is 0 Å². The first kappa shape index (κ1) is 17.0. The van der Waals surface area contributed by atoms with Crippen molar-refractivity contribution in [3.8, 4) is 26.8 Å². The van der Waals surface area contributed by atoms with E-state index < -0.39 is 0 Å². The van der Waals surface area contributed by atoms with Crippen molar-refractivity contribution in [2.75, 3.05) is 0 Å². The zero-order chi connectivity index (χ0) is 17.1.